The molecule has 0 radical (unpaired) electrons. The number of hydrogen-bond donors (Lipinski definition) is 0. The maximum absolute atomic E-state index is 11.5. The number of anilines is 1. The predicted octanol–water partition coefficient (Wildman–Crippen LogP) is 2.07. The molecule has 3 nitrogen and oxygen atoms in total. The minimum Gasteiger partial charge on any atom is -0.369 e. The summed E-state index contributed by atoms with van der Waals surface area (Å²) in [6.07, 6.45) is 0. The molecule has 1 saturated heterocycles. The second kappa shape index (κ2) is 4.28. The molecule has 0 atom stereocenters. The number of nitrogens with zero attached hydrogens (tertiary/aromatic N) is 1. The first-order chi connectivity index (χ1) is 8.66. The lowest BCUT2D eigenvalue weighted by Gasteiger charge is -2.29. The molecule has 2 aromatic rings. The third kappa shape index (κ3) is 2.08. The van der Waals surface area contributed by atoms with Crippen molar-refractivity contribution in [2.45, 2.75) is 0 Å². The van der Waals surface area contributed by atoms with Crippen molar-refractivity contribution in [3.8, 4) is 0 Å². The zero-order valence-electron chi connectivity index (χ0n) is 10.0. The van der Waals surface area contributed by atoms with E-state index in [0.29, 0.717) is 13.1 Å². The van der Waals surface area contributed by atoms with Gasteiger partial charge in [0.1, 0.15) is 0 Å². The zero-order valence-corrected chi connectivity index (χ0v) is 10.9. The molecular formula is C14H15NO2S. The first-order valence-corrected chi connectivity index (χ1v) is 7.91. The fraction of sp³-hybridized carbons (Fsp3) is 0.286. The summed E-state index contributed by atoms with van der Waals surface area (Å²) in [5, 5.41) is 2.39. The van der Waals surface area contributed by atoms with Crippen LogP contribution < -0.4 is 4.90 Å². The predicted molar refractivity (Wildman–Crippen MR) is 74.8 cm³/mol. The molecule has 0 spiro atoms. The summed E-state index contributed by atoms with van der Waals surface area (Å²) in [7, 11) is -2.82. The van der Waals surface area contributed by atoms with Crippen LogP contribution in [0.5, 0.6) is 0 Å². The first-order valence-electron chi connectivity index (χ1n) is 6.09. The Balaban J connectivity index is 2.00. The summed E-state index contributed by atoms with van der Waals surface area (Å²) in [6, 6.07) is 14.4. The molecule has 94 valence electrons. The highest BCUT2D eigenvalue weighted by Crippen LogP contribution is 2.27. The lowest BCUT2D eigenvalue weighted by molar-refractivity contribution is 0.587. The molecule has 2 aromatic carbocycles. The Kier molecular flexibility index (Phi) is 2.74. The number of hydrogen-bond acceptors (Lipinski definition) is 3. The van der Waals surface area contributed by atoms with Crippen molar-refractivity contribution in [1.29, 1.82) is 0 Å². The van der Waals surface area contributed by atoms with E-state index in [1.165, 1.54) is 10.8 Å². The normalized spacial score (nSPS) is 19.0. The minimum atomic E-state index is -2.82. The van der Waals surface area contributed by atoms with Gasteiger partial charge in [-0.1, -0.05) is 36.4 Å². The van der Waals surface area contributed by atoms with Gasteiger partial charge in [-0.25, -0.2) is 8.42 Å². The van der Waals surface area contributed by atoms with Crippen LogP contribution in [0.25, 0.3) is 10.8 Å². The number of rotatable bonds is 1. The smallest absolute Gasteiger partial charge is 0.153 e. The van der Waals surface area contributed by atoms with Crippen LogP contribution in [0.3, 0.4) is 0 Å². The quantitative estimate of drug-likeness (QED) is 0.788. The summed E-state index contributed by atoms with van der Waals surface area (Å²) in [4.78, 5) is 2.17. The topological polar surface area (TPSA) is 37.4 Å². The van der Waals surface area contributed by atoms with Gasteiger partial charge >= 0.3 is 0 Å². The first kappa shape index (κ1) is 11.5. The molecule has 1 heterocycles. The van der Waals surface area contributed by atoms with Crippen LogP contribution in [-0.4, -0.2) is 33.0 Å². The molecule has 0 saturated carbocycles. The molecule has 0 aromatic heterocycles. The van der Waals surface area contributed by atoms with Crippen molar-refractivity contribution in [3.63, 3.8) is 0 Å². The van der Waals surface area contributed by atoms with Crippen molar-refractivity contribution in [3.05, 3.63) is 42.5 Å². The van der Waals surface area contributed by atoms with E-state index in [-0.39, 0.29) is 11.5 Å². The van der Waals surface area contributed by atoms with Gasteiger partial charge in [-0.3, -0.25) is 0 Å². The Morgan fingerprint density at radius 3 is 2.33 bits per heavy atom. The van der Waals surface area contributed by atoms with Gasteiger partial charge in [0.05, 0.1) is 11.5 Å². The summed E-state index contributed by atoms with van der Waals surface area (Å²) in [6.45, 7) is 1.19. The second-order valence-corrected chi connectivity index (χ2v) is 6.94. The van der Waals surface area contributed by atoms with Crippen molar-refractivity contribution in [1.82, 2.24) is 0 Å². The maximum atomic E-state index is 11.5. The molecule has 0 aliphatic carbocycles. The Morgan fingerprint density at radius 1 is 0.889 bits per heavy atom. The van der Waals surface area contributed by atoms with E-state index >= 15 is 0 Å². The van der Waals surface area contributed by atoms with Gasteiger partial charge in [0.2, 0.25) is 0 Å². The van der Waals surface area contributed by atoms with E-state index in [1.807, 2.05) is 18.2 Å². The van der Waals surface area contributed by atoms with Gasteiger partial charge < -0.3 is 4.90 Å². The number of benzene rings is 2. The van der Waals surface area contributed by atoms with Crippen molar-refractivity contribution in [2.75, 3.05) is 29.5 Å². The molecule has 1 aliphatic rings. The molecule has 0 N–H and O–H groups in total. The maximum Gasteiger partial charge on any atom is 0.153 e. The molecule has 3 rings (SSSR count). The summed E-state index contributed by atoms with van der Waals surface area (Å²) in [5.41, 5.74) is 1.14. The third-order valence-electron chi connectivity index (χ3n) is 3.45. The van der Waals surface area contributed by atoms with Gasteiger partial charge in [0.25, 0.3) is 0 Å². The Labute approximate surface area is 107 Å². The second-order valence-electron chi connectivity index (χ2n) is 4.64. The third-order valence-corrected chi connectivity index (χ3v) is 5.06. The molecular weight excluding hydrogens is 246 g/mol. The monoisotopic (exact) mass is 261 g/mol. The van der Waals surface area contributed by atoms with Gasteiger partial charge in [-0.15, -0.1) is 0 Å². The highest BCUT2D eigenvalue weighted by molar-refractivity contribution is 7.91. The van der Waals surface area contributed by atoms with E-state index in [2.05, 4.69) is 29.2 Å². The van der Waals surface area contributed by atoms with E-state index in [4.69, 9.17) is 0 Å². The molecule has 0 unspecified atom stereocenters. The van der Waals surface area contributed by atoms with Crippen molar-refractivity contribution < 1.29 is 8.42 Å². The van der Waals surface area contributed by atoms with Crippen LogP contribution in [0.1, 0.15) is 0 Å². The fourth-order valence-electron chi connectivity index (χ4n) is 2.44. The summed E-state index contributed by atoms with van der Waals surface area (Å²) in [5.74, 6) is 0.520. The minimum absolute atomic E-state index is 0.260. The largest absolute Gasteiger partial charge is 0.369 e. The molecule has 1 aliphatic heterocycles. The molecule has 0 bridgehead atoms. The standard InChI is InChI=1S/C14H15NO2S/c16-18(17)10-8-15(9-11-18)14-7-3-5-12-4-1-2-6-13(12)14/h1-7H,8-11H2. The van der Waals surface area contributed by atoms with Crippen LogP contribution in [-0.2, 0) is 9.84 Å². The van der Waals surface area contributed by atoms with Crippen molar-refractivity contribution in [2.24, 2.45) is 0 Å². The highest BCUT2D eigenvalue weighted by atomic mass is 32.2. The average Bonchev–Trinajstić information content (AvgIpc) is 2.38. The SMILES string of the molecule is O=S1(=O)CCN(c2cccc3ccccc23)CC1. The van der Waals surface area contributed by atoms with Gasteiger partial charge in [0.15, 0.2) is 9.84 Å². The molecule has 4 heteroatoms. The average molecular weight is 261 g/mol. The van der Waals surface area contributed by atoms with Crippen LogP contribution in [0.15, 0.2) is 42.5 Å². The van der Waals surface area contributed by atoms with Gasteiger partial charge in [-0.2, -0.15) is 0 Å². The van der Waals surface area contributed by atoms with E-state index in [1.54, 1.807) is 0 Å². The Hall–Kier alpha value is -1.55. The summed E-state index contributed by atoms with van der Waals surface area (Å²) >= 11 is 0. The summed E-state index contributed by atoms with van der Waals surface area (Å²) < 4.78 is 22.9. The number of fused-ring (bicyclic) bond motifs is 1. The fourth-order valence-corrected chi connectivity index (χ4v) is 3.64. The van der Waals surface area contributed by atoms with Crippen LogP contribution in [0.2, 0.25) is 0 Å². The molecule has 0 amide bonds. The highest BCUT2D eigenvalue weighted by Gasteiger charge is 2.22. The Morgan fingerprint density at radius 2 is 1.56 bits per heavy atom. The van der Waals surface area contributed by atoms with Gasteiger partial charge in [-0.05, 0) is 11.5 Å². The lowest BCUT2D eigenvalue weighted by atomic mass is 10.1. The molecule has 1 fully saturated rings. The zero-order chi connectivity index (χ0) is 12.6. The van der Waals surface area contributed by atoms with E-state index in [9.17, 15) is 8.42 Å². The molecule has 18 heavy (non-hydrogen) atoms. The number of sulfone groups is 1. The van der Waals surface area contributed by atoms with Crippen LogP contribution in [0.4, 0.5) is 5.69 Å². The van der Waals surface area contributed by atoms with Crippen LogP contribution >= 0.6 is 0 Å². The Bertz CT molecular complexity index is 660. The van der Waals surface area contributed by atoms with Crippen molar-refractivity contribution >= 4 is 26.3 Å². The van der Waals surface area contributed by atoms with E-state index in [0.717, 1.165) is 5.69 Å². The van der Waals surface area contributed by atoms with Gasteiger partial charge in [0, 0.05) is 24.2 Å². The lowest BCUT2D eigenvalue weighted by Crippen LogP contribution is -2.40. The van der Waals surface area contributed by atoms with Crippen LogP contribution in [0, 0.1) is 0 Å². The van der Waals surface area contributed by atoms with E-state index < -0.39 is 9.84 Å².